The van der Waals surface area contributed by atoms with E-state index in [-0.39, 0.29) is 12.5 Å². The van der Waals surface area contributed by atoms with Crippen LogP contribution in [0.3, 0.4) is 0 Å². The summed E-state index contributed by atoms with van der Waals surface area (Å²) in [6.07, 6.45) is 0. The second-order valence-corrected chi connectivity index (χ2v) is 7.66. The summed E-state index contributed by atoms with van der Waals surface area (Å²) in [5.41, 5.74) is 2.42. The number of carbonyl (C=O) groups is 1. The molecule has 0 radical (unpaired) electrons. The Kier molecular flexibility index (Phi) is 6.81. The molecule has 8 heteroatoms. The third kappa shape index (κ3) is 5.53. The number of anilines is 2. The number of carbonyl (C=O) groups excluding carboxylic acids is 1. The van der Waals surface area contributed by atoms with E-state index in [0.717, 1.165) is 43.3 Å². The normalized spacial score (nSPS) is 14.1. The lowest BCUT2D eigenvalue weighted by Crippen LogP contribution is -2.44. The van der Waals surface area contributed by atoms with Crippen molar-refractivity contribution in [2.45, 2.75) is 0 Å². The van der Waals surface area contributed by atoms with Crippen LogP contribution in [0.15, 0.2) is 60.7 Å². The average molecular weight is 434 g/mol. The van der Waals surface area contributed by atoms with Crippen molar-refractivity contribution in [2.75, 3.05) is 57.2 Å². The zero-order valence-electron chi connectivity index (χ0n) is 18.3. The van der Waals surface area contributed by atoms with E-state index in [2.05, 4.69) is 32.4 Å². The van der Waals surface area contributed by atoms with E-state index in [1.807, 2.05) is 48.5 Å². The Labute approximate surface area is 187 Å². The molecule has 32 heavy (non-hydrogen) atoms. The van der Waals surface area contributed by atoms with E-state index >= 15 is 0 Å². The van der Waals surface area contributed by atoms with Gasteiger partial charge in [-0.2, -0.15) is 0 Å². The number of aromatic nitrogens is 2. The lowest BCUT2D eigenvalue weighted by atomic mass is 10.1. The summed E-state index contributed by atoms with van der Waals surface area (Å²) in [6, 6.07) is 18.7. The van der Waals surface area contributed by atoms with E-state index in [1.165, 1.54) is 0 Å². The van der Waals surface area contributed by atoms with Crippen LogP contribution in [0.2, 0.25) is 0 Å². The monoisotopic (exact) mass is 433 g/mol. The van der Waals surface area contributed by atoms with Gasteiger partial charge in [0.15, 0.2) is 12.4 Å². The molecule has 0 saturated carbocycles. The number of amides is 1. The first-order valence-electron chi connectivity index (χ1n) is 10.5. The van der Waals surface area contributed by atoms with E-state index in [1.54, 1.807) is 19.2 Å². The van der Waals surface area contributed by atoms with Crippen molar-refractivity contribution < 1.29 is 14.3 Å². The summed E-state index contributed by atoms with van der Waals surface area (Å²) < 4.78 is 10.7. The second kappa shape index (κ2) is 10.1. The highest BCUT2D eigenvalue weighted by molar-refractivity contribution is 5.92. The van der Waals surface area contributed by atoms with Crippen molar-refractivity contribution in [3.8, 4) is 22.8 Å². The predicted molar refractivity (Wildman–Crippen MR) is 124 cm³/mol. The molecule has 0 spiro atoms. The molecule has 8 nitrogen and oxygen atoms in total. The lowest BCUT2D eigenvalue weighted by molar-refractivity contribution is -0.118. The SMILES string of the molecule is COc1cccc(OCC(=O)Nc2ccc(-c3ccc(N4CCN(C)CC4)nn3)cc2)c1. The zero-order chi connectivity index (χ0) is 22.3. The van der Waals surface area contributed by atoms with Crippen LogP contribution in [0.5, 0.6) is 11.5 Å². The van der Waals surface area contributed by atoms with Crippen LogP contribution in [-0.4, -0.2) is 67.9 Å². The molecule has 1 amide bonds. The van der Waals surface area contributed by atoms with Gasteiger partial charge in [-0.15, -0.1) is 10.2 Å². The van der Waals surface area contributed by atoms with Gasteiger partial charge in [-0.05, 0) is 43.4 Å². The fourth-order valence-electron chi connectivity index (χ4n) is 3.44. The van der Waals surface area contributed by atoms with E-state index in [4.69, 9.17) is 9.47 Å². The van der Waals surface area contributed by atoms with Gasteiger partial charge in [0.05, 0.1) is 12.8 Å². The first-order chi connectivity index (χ1) is 15.6. The van der Waals surface area contributed by atoms with Crippen LogP contribution < -0.4 is 19.7 Å². The molecule has 2 heterocycles. The van der Waals surface area contributed by atoms with E-state index in [9.17, 15) is 4.79 Å². The number of ether oxygens (including phenoxy) is 2. The fourth-order valence-corrected chi connectivity index (χ4v) is 3.44. The van der Waals surface area contributed by atoms with Crippen LogP contribution >= 0.6 is 0 Å². The third-order valence-corrected chi connectivity index (χ3v) is 5.35. The van der Waals surface area contributed by atoms with Crippen molar-refractivity contribution in [1.29, 1.82) is 0 Å². The maximum Gasteiger partial charge on any atom is 0.262 e. The first-order valence-corrected chi connectivity index (χ1v) is 10.5. The van der Waals surface area contributed by atoms with Crippen LogP contribution in [0.25, 0.3) is 11.3 Å². The Bertz CT molecular complexity index is 1030. The zero-order valence-corrected chi connectivity index (χ0v) is 18.3. The summed E-state index contributed by atoms with van der Waals surface area (Å²) in [4.78, 5) is 16.8. The summed E-state index contributed by atoms with van der Waals surface area (Å²) in [5.74, 6) is 1.92. The molecule has 2 aromatic carbocycles. The lowest BCUT2D eigenvalue weighted by Gasteiger charge is -2.32. The first kappa shape index (κ1) is 21.6. The van der Waals surface area contributed by atoms with E-state index < -0.39 is 0 Å². The maximum atomic E-state index is 12.2. The van der Waals surface area contributed by atoms with Gasteiger partial charge < -0.3 is 24.6 Å². The van der Waals surface area contributed by atoms with Crippen molar-refractivity contribution in [3.63, 3.8) is 0 Å². The Morgan fingerprint density at radius 1 is 0.969 bits per heavy atom. The van der Waals surface area contributed by atoms with Crippen LogP contribution in [-0.2, 0) is 4.79 Å². The number of likely N-dealkylation sites (N-methyl/N-ethyl adjacent to an activating group) is 1. The highest BCUT2D eigenvalue weighted by Crippen LogP contribution is 2.22. The van der Waals surface area contributed by atoms with Gasteiger partial charge in [0, 0.05) is 43.5 Å². The number of rotatable bonds is 7. The third-order valence-electron chi connectivity index (χ3n) is 5.35. The summed E-state index contributed by atoms with van der Waals surface area (Å²) in [5, 5.41) is 11.6. The van der Waals surface area contributed by atoms with E-state index in [0.29, 0.717) is 17.2 Å². The molecule has 3 aromatic rings. The van der Waals surface area contributed by atoms with Crippen LogP contribution in [0.4, 0.5) is 11.5 Å². The van der Waals surface area contributed by atoms with Gasteiger partial charge in [0.2, 0.25) is 0 Å². The molecule has 0 unspecified atom stereocenters. The molecule has 0 aliphatic carbocycles. The fraction of sp³-hybridized carbons (Fsp3) is 0.292. The predicted octanol–water partition coefficient (Wildman–Crippen LogP) is 2.92. The number of nitrogens with zero attached hydrogens (tertiary/aromatic N) is 4. The number of nitrogens with one attached hydrogen (secondary N) is 1. The molecule has 4 rings (SSSR count). The van der Waals surface area contributed by atoms with Crippen LogP contribution in [0.1, 0.15) is 0 Å². The average Bonchev–Trinajstić information content (AvgIpc) is 2.84. The second-order valence-electron chi connectivity index (χ2n) is 7.66. The minimum Gasteiger partial charge on any atom is -0.497 e. The van der Waals surface area contributed by atoms with Crippen LogP contribution in [0, 0.1) is 0 Å². The quantitative estimate of drug-likeness (QED) is 0.614. The topological polar surface area (TPSA) is 79.8 Å². The molecule has 1 aromatic heterocycles. The van der Waals surface area contributed by atoms with Gasteiger partial charge >= 0.3 is 0 Å². The standard InChI is InChI=1S/C24H27N5O3/c1-28-12-14-29(15-13-28)23-11-10-22(26-27-23)18-6-8-19(9-7-18)25-24(30)17-32-21-5-3-4-20(16-21)31-2/h3-11,16H,12-15,17H2,1-2H3,(H,25,30). The Morgan fingerprint density at radius 2 is 1.72 bits per heavy atom. The summed E-state index contributed by atoms with van der Waals surface area (Å²) in [6.45, 7) is 3.89. The maximum absolute atomic E-state index is 12.2. The smallest absolute Gasteiger partial charge is 0.262 e. The van der Waals surface area contributed by atoms with Gasteiger partial charge in [-0.25, -0.2) is 0 Å². The van der Waals surface area contributed by atoms with Crippen molar-refractivity contribution in [1.82, 2.24) is 15.1 Å². The molecule has 1 N–H and O–H groups in total. The summed E-state index contributed by atoms with van der Waals surface area (Å²) >= 11 is 0. The van der Waals surface area contributed by atoms with Gasteiger partial charge in [-0.1, -0.05) is 18.2 Å². The number of benzene rings is 2. The molecule has 1 aliphatic rings. The molecular formula is C24H27N5O3. The van der Waals surface area contributed by atoms with Crippen molar-refractivity contribution >= 4 is 17.4 Å². The number of piperazine rings is 1. The largest absolute Gasteiger partial charge is 0.497 e. The molecular weight excluding hydrogens is 406 g/mol. The molecule has 1 fully saturated rings. The number of hydrogen-bond donors (Lipinski definition) is 1. The summed E-state index contributed by atoms with van der Waals surface area (Å²) in [7, 11) is 3.72. The minimum atomic E-state index is -0.239. The molecule has 166 valence electrons. The molecule has 0 bridgehead atoms. The molecule has 0 atom stereocenters. The van der Waals surface area contributed by atoms with Gasteiger partial charge in [0.25, 0.3) is 5.91 Å². The highest BCUT2D eigenvalue weighted by atomic mass is 16.5. The Hall–Kier alpha value is -3.65. The van der Waals surface area contributed by atoms with Gasteiger partial charge in [-0.3, -0.25) is 4.79 Å². The Morgan fingerprint density at radius 3 is 2.41 bits per heavy atom. The molecule has 1 saturated heterocycles. The minimum absolute atomic E-state index is 0.0891. The highest BCUT2D eigenvalue weighted by Gasteiger charge is 2.15. The number of methoxy groups -OCH3 is 1. The number of hydrogen-bond acceptors (Lipinski definition) is 7. The van der Waals surface area contributed by atoms with Crippen molar-refractivity contribution in [2.24, 2.45) is 0 Å². The van der Waals surface area contributed by atoms with Crippen molar-refractivity contribution in [3.05, 3.63) is 60.7 Å². The molecule has 1 aliphatic heterocycles. The Balaban J connectivity index is 1.31. The van der Waals surface area contributed by atoms with Gasteiger partial charge in [0.1, 0.15) is 11.5 Å².